The second kappa shape index (κ2) is 5.07. The molecular formula is C10H10BrNS2. The smallest absolute Gasteiger partial charge is 0.0303 e. The Kier molecular flexibility index (Phi) is 3.75. The van der Waals surface area contributed by atoms with E-state index in [4.69, 9.17) is 0 Å². The van der Waals surface area contributed by atoms with E-state index in [1.54, 1.807) is 22.7 Å². The van der Waals surface area contributed by atoms with Crippen LogP contribution in [-0.4, -0.2) is 0 Å². The molecule has 2 heterocycles. The normalized spacial score (nSPS) is 10.6. The van der Waals surface area contributed by atoms with Crippen LogP contribution in [-0.2, 0) is 13.1 Å². The third-order valence-corrected chi connectivity index (χ3v) is 4.37. The van der Waals surface area contributed by atoms with Gasteiger partial charge in [0.2, 0.25) is 0 Å². The first-order chi connectivity index (χ1) is 6.84. The van der Waals surface area contributed by atoms with Crippen molar-refractivity contribution in [3.8, 4) is 0 Å². The van der Waals surface area contributed by atoms with E-state index in [1.807, 2.05) is 0 Å². The van der Waals surface area contributed by atoms with Crippen molar-refractivity contribution >= 4 is 38.6 Å². The molecular weight excluding hydrogens is 278 g/mol. The lowest BCUT2D eigenvalue weighted by atomic mass is 10.4. The molecule has 0 aliphatic carbocycles. The van der Waals surface area contributed by atoms with Crippen molar-refractivity contribution in [2.45, 2.75) is 13.1 Å². The second-order valence-electron chi connectivity index (χ2n) is 2.91. The van der Waals surface area contributed by atoms with E-state index in [0.29, 0.717) is 0 Å². The molecule has 0 aliphatic heterocycles. The van der Waals surface area contributed by atoms with Gasteiger partial charge in [0.15, 0.2) is 0 Å². The van der Waals surface area contributed by atoms with Gasteiger partial charge in [-0.15, -0.1) is 22.7 Å². The molecule has 0 atom stereocenters. The Bertz CT molecular complexity index is 380. The summed E-state index contributed by atoms with van der Waals surface area (Å²) in [6, 6.07) is 6.40. The molecule has 74 valence electrons. The lowest BCUT2D eigenvalue weighted by Crippen LogP contribution is -2.10. The molecule has 0 aromatic carbocycles. The van der Waals surface area contributed by atoms with Crippen molar-refractivity contribution < 1.29 is 0 Å². The first kappa shape index (κ1) is 10.4. The van der Waals surface area contributed by atoms with E-state index in [9.17, 15) is 0 Å². The van der Waals surface area contributed by atoms with Crippen LogP contribution in [0.3, 0.4) is 0 Å². The van der Waals surface area contributed by atoms with Crippen LogP contribution >= 0.6 is 38.6 Å². The maximum absolute atomic E-state index is 3.45. The van der Waals surface area contributed by atoms with Crippen LogP contribution in [0.1, 0.15) is 9.75 Å². The summed E-state index contributed by atoms with van der Waals surface area (Å²) in [5.74, 6) is 0. The third-order valence-electron chi connectivity index (χ3n) is 1.80. The van der Waals surface area contributed by atoms with Gasteiger partial charge >= 0.3 is 0 Å². The van der Waals surface area contributed by atoms with Gasteiger partial charge in [0, 0.05) is 32.7 Å². The molecule has 1 N–H and O–H groups in total. The number of thiophene rings is 2. The molecule has 0 aliphatic rings. The average molecular weight is 288 g/mol. The summed E-state index contributed by atoms with van der Waals surface area (Å²) in [4.78, 5) is 2.76. The molecule has 0 saturated heterocycles. The molecule has 0 unspecified atom stereocenters. The Hall–Kier alpha value is -0.160. The first-order valence-electron chi connectivity index (χ1n) is 4.30. The first-order valence-corrected chi connectivity index (χ1v) is 6.86. The molecule has 0 radical (unpaired) electrons. The van der Waals surface area contributed by atoms with Crippen molar-refractivity contribution in [3.05, 3.63) is 43.2 Å². The van der Waals surface area contributed by atoms with E-state index < -0.39 is 0 Å². The quantitative estimate of drug-likeness (QED) is 0.900. The zero-order chi connectivity index (χ0) is 9.80. The van der Waals surface area contributed by atoms with Gasteiger partial charge in [0.1, 0.15) is 0 Å². The number of hydrogen-bond acceptors (Lipinski definition) is 3. The standard InChI is InChI=1S/C10H10BrNS2/c11-8-4-10(14-7-8)6-12-5-9-2-1-3-13-9/h1-4,7,12H,5-6H2. The van der Waals surface area contributed by atoms with Gasteiger partial charge in [-0.3, -0.25) is 0 Å². The van der Waals surface area contributed by atoms with Crippen LogP contribution in [0.2, 0.25) is 0 Å². The van der Waals surface area contributed by atoms with Crippen molar-refractivity contribution in [3.63, 3.8) is 0 Å². The highest BCUT2D eigenvalue weighted by molar-refractivity contribution is 9.10. The Morgan fingerprint density at radius 1 is 1.21 bits per heavy atom. The van der Waals surface area contributed by atoms with Crippen LogP contribution in [0.4, 0.5) is 0 Å². The van der Waals surface area contributed by atoms with Gasteiger partial charge < -0.3 is 5.32 Å². The van der Waals surface area contributed by atoms with Crippen LogP contribution in [0, 0.1) is 0 Å². The summed E-state index contributed by atoms with van der Waals surface area (Å²) in [6.07, 6.45) is 0. The van der Waals surface area contributed by atoms with Crippen LogP contribution < -0.4 is 5.32 Å². The highest BCUT2D eigenvalue weighted by atomic mass is 79.9. The molecule has 1 nitrogen and oxygen atoms in total. The molecule has 0 saturated carbocycles. The summed E-state index contributed by atoms with van der Waals surface area (Å²) in [7, 11) is 0. The summed E-state index contributed by atoms with van der Waals surface area (Å²) in [5.41, 5.74) is 0. The van der Waals surface area contributed by atoms with Crippen LogP contribution in [0.5, 0.6) is 0 Å². The Morgan fingerprint density at radius 3 is 2.71 bits per heavy atom. The predicted molar refractivity (Wildman–Crippen MR) is 66.9 cm³/mol. The van der Waals surface area contributed by atoms with Crippen molar-refractivity contribution in [1.29, 1.82) is 0 Å². The van der Waals surface area contributed by atoms with Crippen molar-refractivity contribution in [2.24, 2.45) is 0 Å². The van der Waals surface area contributed by atoms with Gasteiger partial charge in [0.05, 0.1) is 0 Å². The highest BCUT2D eigenvalue weighted by Gasteiger charge is 1.97. The van der Waals surface area contributed by atoms with Crippen LogP contribution in [0.15, 0.2) is 33.4 Å². The highest BCUT2D eigenvalue weighted by Crippen LogP contribution is 2.19. The number of hydrogen-bond donors (Lipinski definition) is 1. The lowest BCUT2D eigenvalue weighted by Gasteiger charge is -1.99. The summed E-state index contributed by atoms with van der Waals surface area (Å²) in [5, 5.41) is 7.64. The Balaban J connectivity index is 1.78. The molecule has 0 bridgehead atoms. The number of nitrogens with one attached hydrogen (secondary N) is 1. The zero-order valence-corrected chi connectivity index (χ0v) is 10.7. The summed E-state index contributed by atoms with van der Waals surface area (Å²) < 4.78 is 1.18. The summed E-state index contributed by atoms with van der Waals surface area (Å²) in [6.45, 7) is 1.92. The minimum atomic E-state index is 0.953. The van der Waals surface area contributed by atoms with E-state index in [0.717, 1.165) is 13.1 Å². The largest absolute Gasteiger partial charge is 0.307 e. The van der Waals surface area contributed by atoms with Gasteiger partial charge in [-0.05, 0) is 33.4 Å². The van der Waals surface area contributed by atoms with Gasteiger partial charge in [0.25, 0.3) is 0 Å². The average Bonchev–Trinajstić information content (AvgIpc) is 2.77. The third kappa shape index (κ3) is 2.92. The second-order valence-corrected chi connectivity index (χ2v) is 5.86. The monoisotopic (exact) mass is 287 g/mol. The minimum absolute atomic E-state index is 0.953. The lowest BCUT2D eigenvalue weighted by molar-refractivity contribution is 0.709. The van der Waals surface area contributed by atoms with Crippen molar-refractivity contribution in [1.82, 2.24) is 5.32 Å². The predicted octanol–water partition coefficient (Wildman–Crippen LogP) is 3.86. The van der Waals surface area contributed by atoms with Crippen LogP contribution in [0.25, 0.3) is 0 Å². The number of halogens is 1. The maximum Gasteiger partial charge on any atom is 0.0303 e. The summed E-state index contributed by atoms with van der Waals surface area (Å²) >= 11 is 7.02. The fourth-order valence-electron chi connectivity index (χ4n) is 1.17. The Morgan fingerprint density at radius 2 is 2.07 bits per heavy atom. The Labute approximate surface area is 99.9 Å². The zero-order valence-electron chi connectivity index (χ0n) is 7.50. The van der Waals surface area contributed by atoms with Crippen molar-refractivity contribution in [2.75, 3.05) is 0 Å². The minimum Gasteiger partial charge on any atom is -0.307 e. The molecule has 2 aromatic heterocycles. The molecule has 4 heteroatoms. The molecule has 2 rings (SSSR count). The number of rotatable bonds is 4. The van der Waals surface area contributed by atoms with Gasteiger partial charge in [-0.1, -0.05) is 6.07 Å². The molecule has 0 spiro atoms. The van der Waals surface area contributed by atoms with Gasteiger partial charge in [-0.25, -0.2) is 0 Å². The van der Waals surface area contributed by atoms with E-state index in [-0.39, 0.29) is 0 Å². The molecule has 2 aromatic rings. The van der Waals surface area contributed by atoms with Gasteiger partial charge in [-0.2, -0.15) is 0 Å². The maximum atomic E-state index is 3.45. The molecule has 14 heavy (non-hydrogen) atoms. The molecule has 0 fully saturated rings. The van der Waals surface area contributed by atoms with E-state index in [2.05, 4.69) is 50.2 Å². The fraction of sp³-hybridized carbons (Fsp3) is 0.200. The fourth-order valence-corrected chi connectivity index (χ4v) is 3.26. The SMILES string of the molecule is Brc1csc(CNCc2cccs2)c1. The topological polar surface area (TPSA) is 12.0 Å². The van der Waals surface area contributed by atoms with E-state index >= 15 is 0 Å². The molecule has 0 amide bonds. The van der Waals surface area contributed by atoms with E-state index in [1.165, 1.54) is 14.2 Å².